The SMILES string of the molecule is CC(C)(C#N)CNC(=O)c1ccc([N+](=O)[O-])o1. The van der Waals surface area contributed by atoms with Gasteiger partial charge >= 0.3 is 5.88 Å². The number of rotatable bonds is 4. The Bertz CT molecular complexity index is 484. The van der Waals surface area contributed by atoms with Gasteiger partial charge < -0.3 is 9.73 Å². The minimum Gasteiger partial charge on any atom is -0.395 e. The molecule has 0 radical (unpaired) electrons. The summed E-state index contributed by atoms with van der Waals surface area (Å²) in [7, 11) is 0. The van der Waals surface area contributed by atoms with E-state index in [0.717, 1.165) is 6.07 Å². The van der Waals surface area contributed by atoms with Crippen LogP contribution in [-0.2, 0) is 0 Å². The summed E-state index contributed by atoms with van der Waals surface area (Å²) in [5.74, 6) is -1.22. The van der Waals surface area contributed by atoms with Crippen LogP contribution in [0.1, 0.15) is 24.4 Å². The van der Waals surface area contributed by atoms with Crippen molar-refractivity contribution >= 4 is 11.8 Å². The van der Waals surface area contributed by atoms with E-state index in [4.69, 9.17) is 9.68 Å². The fraction of sp³-hybridized carbons (Fsp3) is 0.400. The van der Waals surface area contributed by atoms with Gasteiger partial charge in [0, 0.05) is 6.54 Å². The van der Waals surface area contributed by atoms with E-state index in [1.807, 2.05) is 6.07 Å². The molecule has 0 aliphatic carbocycles. The molecule has 17 heavy (non-hydrogen) atoms. The molecule has 0 aliphatic heterocycles. The molecule has 0 saturated carbocycles. The fourth-order valence-corrected chi connectivity index (χ4v) is 0.976. The predicted octanol–water partition coefficient (Wildman–Crippen LogP) is 1.47. The minimum absolute atomic E-state index is 0.136. The highest BCUT2D eigenvalue weighted by Gasteiger charge is 2.21. The molecule has 1 aromatic heterocycles. The first kappa shape index (κ1) is 12.7. The van der Waals surface area contributed by atoms with Crippen molar-refractivity contribution in [2.45, 2.75) is 13.8 Å². The largest absolute Gasteiger partial charge is 0.433 e. The lowest BCUT2D eigenvalue weighted by Gasteiger charge is -2.14. The van der Waals surface area contributed by atoms with Crippen LogP contribution in [0.2, 0.25) is 0 Å². The molecule has 1 aromatic rings. The van der Waals surface area contributed by atoms with Crippen LogP contribution in [-0.4, -0.2) is 17.4 Å². The third-order valence-corrected chi connectivity index (χ3v) is 1.99. The summed E-state index contributed by atoms with van der Waals surface area (Å²) in [6, 6.07) is 4.33. The molecule has 90 valence electrons. The molecule has 0 unspecified atom stereocenters. The second-order valence-corrected chi connectivity index (χ2v) is 4.07. The third kappa shape index (κ3) is 3.31. The molecule has 1 N–H and O–H groups in total. The topological polar surface area (TPSA) is 109 Å². The van der Waals surface area contributed by atoms with E-state index in [2.05, 4.69) is 5.32 Å². The highest BCUT2D eigenvalue weighted by atomic mass is 16.6. The number of nitrogens with one attached hydrogen (secondary N) is 1. The molecule has 0 atom stereocenters. The van der Waals surface area contributed by atoms with Crippen molar-refractivity contribution in [3.8, 4) is 6.07 Å². The monoisotopic (exact) mass is 237 g/mol. The van der Waals surface area contributed by atoms with Crippen molar-refractivity contribution in [2.24, 2.45) is 5.41 Å². The number of nitro groups is 1. The quantitative estimate of drug-likeness (QED) is 0.629. The van der Waals surface area contributed by atoms with Gasteiger partial charge in [-0.1, -0.05) is 0 Å². The molecule has 1 amide bonds. The Kier molecular flexibility index (Phi) is 3.48. The van der Waals surface area contributed by atoms with Gasteiger partial charge in [-0.05, 0) is 19.9 Å². The molecular formula is C10H11N3O4. The van der Waals surface area contributed by atoms with Crippen LogP contribution in [0, 0.1) is 26.9 Å². The van der Waals surface area contributed by atoms with Gasteiger partial charge in [-0.2, -0.15) is 5.26 Å². The van der Waals surface area contributed by atoms with Crippen molar-refractivity contribution in [1.29, 1.82) is 5.26 Å². The number of hydrogen-bond donors (Lipinski definition) is 1. The predicted molar refractivity (Wildman–Crippen MR) is 57.1 cm³/mol. The van der Waals surface area contributed by atoms with E-state index in [0.29, 0.717) is 0 Å². The maximum atomic E-state index is 11.5. The van der Waals surface area contributed by atoms with E-state index < -0.39 is 22.1 Å². The number of hydrogen-bond acceptors (Lipinski definition) is 5. The normalized spacial score (nSPS) is 10.6. The van der Waals surface area contributed by atoms with Crippen LogP contribution in [0.25, 0.3) is 0 Å². The zero-order valence-electron chi connectivity index (χ0n) is 9.39. The van der Waals surface area contributed by atoms with Crippen molar-refractivity contribution in [2.75, 3.05) is 6.54 Å². The van der Waals surface area contributed by atoms with Crippen molar-refractivity contribution < 1.29 is 14.1 Å². The highest BCUT2D eigenvalue weighted by Crippen LogP contribution is 2.16. The summed E-state index contributed by atoms with van der Waals surface area (Å²) in [6.07, 6.45) is 0. The van der Waals surface area contributed by atoms with E-state index in [1.165, 1.54) is 6.07 Å². The molecule has 0 aliphatic rings. The molecule has 0 saturated heterocycles. The molecule has 0 bridgehead atoms. The van der Waals surface area contributed by atoms with Gasteiger partial charge in [-0.15, -0.1) is 0 Å². The van der Waals surface area contributed by atoms with Crippen LogP contribution in [0.4, 0.5) is 5.88 Å². The summed E-state index contributed by atoms with van der Waals surface area (Å²) in [5.41, 5.74) is -0.700. The van der Waals surface area contributed by atoms with Crippen molar-refractivity contribution in [3.63, 3.8) is 0 Å². The van der Waals surface area contributed by atoms with Gasteiger partial charge in [0.2, 0.25) is 0 Å². The zero-order valence-corrected chi connectivity index (χ0v) is 9.39. The number of nitriles is 1. The molecule has 7 heteroatoms. The summed E-state index contributed by atoms with van der Waals surface area (Å²) >= 11 is 0. The smallest absolute Gasteiger partial charge is 0.395 e. The Morgan fingerprint density at radius 3 is 2.76 bits per heavy atom. The maximum Gasteiger partial charge on any atom is 0.433 e. The molecule has 0 aromatic carbocycles. The standard InChI is InChI=1S/C10H11N3O4/c1-10(2,5-11)6-12-9(14)7-3-4-8(17-7)13(15)16/h3-4H,6H2,1-2H3,(H,12,14). The summed E-state index contributed by atoms with van der Waals surface area (Å²) in [6.45, 7) is 3.46. The maximum absolute atomic E-state index is 11.5. The number of amides is 1. The Hall–Kier alpha value is -2.36. The first-order valence-electron chi connectivity index (χ1n) is 4.79. The van der Waals surface area contributed by atoms with E-state index in [1.54, 1.807) is 13.8 Å². The van der Waals surface area contributed by atoms with E-state index >= 15 is 0 Å². The second-order valence-electron chi connectivity index (χ2n) is 4.07. The van der Waals surface area contributed by atoms with Gasteiger partial charge in [0.05, 0.1) is 17.6 Å². The lowest BCUT2D eigenvalue weighted by atomic mass is 9.96. The second kappa shape index (κ2) is 4.65. The molecular weight excluding hydrogens is 226 g/mol. The third-order valence-electron chi connectivity index (χ3n) is 1.99. The first-order valence-corrected chi connectivity index (χ1v) is 4.79. The van der Waals surface area contributed by atoms with E-state index in [-0.39, 0.29) is 12.3 Å². The van der Waals surface area contributed by atoms with Crippen LogP contribution in [0.3, 0.4) is 0 Å². The molecule has 0 fully saturated rings. The van der Waals surface area contributed by atoms with Crippen LogP contribution < -0.4 is 5.32 Å². The van der Waals surface area contributed by atoms with Gasteiger partial charge in [0.1, 0.15) is 4.92 Å². The van der Waals surface area contributed by atoms with Gasteiger partial charge in [-0.25, -0.2) is 0 Å². The molecule has 1 heterocycles. The first-order chi connectivity index (χ1) is 7.85. The van der Waals surface area contributed by atoms with Crippen molar-refractivity contribution in [1.82, 2.24) is 5.32 Å². The highest BCUT2D eigenvalue weighted by molar-refractivity contribution is 5.91. The Morgan fingerprint density at radius 2 is 2.29 bits per heavy atom. The summed E-state index contributed by atoms with van der Waals surface area (Å²) in [5, 5.41) is 21.5. The van der Waals surface area contributed by atoms with E-state index in [9.17, 15) is 14.9 Å². The average Bonchev–Trinajstić information content (AvgIpc) is 2.75. The van der Waals surface area contributed by atoms with Crippen LogP contribution >= 0.6 is 0 Å². The van der Waals surface area contributed by atoms with Crippen LogP contribution in [0.15, 0.2) is 16.5 Å². The summed E-state index contributed by atoms with van der Waals surface area (Å²) < 4.78 is 4.71. The van der Waals surface area contributed by atoms with Crippen LogP contribution in [0.5, 0.6) is 0 Å². The number of nitrogens with zero attached hydrogens (tertiary/aromatic N) is 2. The number of furan rings is 1. The van der Waals surface area contributed by atoms with Crippen molar-refractivity contribution in [3.05, 3.63) is 28.0 Å². The minimum atomic E-state index is -0.726. The summed E-state index contributed by atoms with van der Waals surface area (Å²) in [4.78, 5) is 21.1. The molecule has 1 rings (SSSR count). The Morgan fingerprint density at radius 1 is 1.65 bits per heavy atom. The van der Waals surface area contributed by atoms with Gasteiger partial charge in [0.25, 0.3) is 5.91 Å². The molecule has 0 spiro atoms. The van der Waals surface area contributed by atoms with Gasteiger partial charge in [0.15, 0.2) is 5.76 Å². The lowest BCUT2D eigenvalue weighted by molar-refractivity contribution is -0.402. The number of carbonyl (C=O) groups is 1. The number of carbonyl (C=O) groups excluding carboxylic acids is 1. The Labute approximate surface area is 97.2 Å². The zero-order chi connectivity index (χ0) is 13.1. The molecule has 7 nitrogen and oxygen atoms in total. The fourth-order valence-electron chi connectivity index (χ4n) is 0.976. The van der Waals surface area contributed by atoms with Gasteiger partial charge in [-0.3, -0.25) is 14.9 Å². The Balaban J connectivity index is 2.65. The average molecular weight is 237 g/mol. The lowest BCUT2D eigenvalue weighted by Crippen LogP contribution is -2.32.